The minimum absolute atomic E-state index is 0.0856. The predicted octanol–water partition coefficient (Wildman–Crippen LogP) is 2.72. The van der Waals surface area contributed by atoms with Crippen LogP contribution < -0.4 is 4.74 Å². The van der Waals surface area contributed by atoms with Crippen molar-refractivity contribution < 1.29 is 9.13 Å². The first-order chi connectivity index (χ1) is 8.70. The molecular formula is C12H7ClFN3O. The van der Waals surface area contributed by atoms with Crippen LogP contribution >= 0.6 is 11.6 Å². The Morgan fingerprint density at radius 2 is 2.17 bits per heavy atom. The summed E-state index contributed by atoms with van der Waals surface area (Å²) in [5.74, 6) is -0.438. The molecule has 0 saturated carbocycles. The summed E-state index contributed by atoms with van der Waals surface area (Å²) in [6.07, 6.45) is 2.84. The molecule has 0 aliphatic heterocycles. The van der Waals surface area contributed by atoms with E-state index in [0.29, 0.717) is 5.69 Å². The van der Waals surface area contributed by atoms with E-state index in [1.54, 1.807) is 6.07 Å². The number of aromatic nitrogens is 2. The van der Waals surface area contributed by atoms with Gasteiger partial charge in [-0.05, 0) is 12.1 Å². The number of nitrogens with zero attached hydrogens (tertiary/aromatic N) is 3. The van der Waals surface area contributed by atoms with Crippen LogP contribution in [-0.2, 0) is 6.61 Å². The van der Waals surface area contributed by atoms with Crippen molar-refractivity contribution in [3.05, 3.63) is 52.8 Å². The molecule has 1 heterocycles. The SMILES string of the molecule is N#Cc1c(F)cccc1OCc1cnc(Cl)cn1. The Labute approximate surface area is 108 Å². The number of halogens is 2. The van der Waals surface area contributed by atoms with Crippen molar-refractivity contribution in [3.8, 4) is 11.8 Å². The van der Waals surface area contributed by atoms with Crippen molar-refractivity contribution >= 4 is 11.6 Å². The molecule has 0 saturated heterocycles. The van der Waals surface area contributed by atoms with Crippen LogP contribution in [-0.4, -0.2) is 9.97 Å². The molecule has 0 aliphatic rings. The van der Waals surface area contributed by atoms with Gasteiger partial charge in [-0.25, -0.2) is 9.37 Å². The summed E-state index contributed by atoms with van der Waals surface area (Å²) in [4.78, 5) is 7.81. The highest BCUT2D eigenvalue weighted by Crippen LogP contribution is 2.21. The highest BCUT2D eigenvalue weighted by Gasteiger charge is 2.09. The quantitative estimate of drug-likeness (QED) is 0.854. The van der Waals surface area contributed by atoms with Crippen LogP contribution in [0, 0.1) is 17.1 Å². The first-order valence-corrected chi connectivity index (χ1v) is 5.36. The Bertz CT molecular complexity index is 595. The summed E-state index contributed by atoms with van der Waals surface area (Å²) < 4.78 is 18.6. The van der Waals surface area contributed by atoms with E-state index in [-0.39, 0.29) is 23.1 Å². The summed E-state index contributed by atoms with van der Waals surface area (Å²) in [5.41, 5.74) is 0.409. The number of rotatable bonds is 3. The van der Waals surface area contributed by atoms with Crippen LogP contribution in [0.5, 0.6) is 5.75 Å². The lowest BCUT2D eigenvalue weighted by molar-refractivity contribution is 0.298. The molecule has 1 aromatic carbocycles. The van der Waals surface area contributed by atoms with Crippen molar-refractivity contribution in [2.45, 2.75) is 6.61 Å². The maximum absolute atomic E-state index is 13.3. The number of nitriles is 1. The second-order valence-electron chi connectivity index (χ2n) is 3.34. The van der Waals surface area contributed by atoms with Crippen molar-refractivity contribution in [2.75, 3.05) is 0 Å². The van der Waals surface area contributed by atoms with Crippen LogP contribution in [0.2, 0.25) is 5.15 Å². The van der Waals surface area contributed by atoms with Crippen LogP contribution in [0.15, 0.2) is 30.6 Å². The van der Waals surface area contributed by atoms with Gasteiger partial charge in [-0.3, -0.25) is 4.98 Å². The van der Waals surface area contributed by atoms with Gasteiger partial charge in [0.25, 0.3) is 0 Å². The third-order valence-electron chi connectivity index (χ3n) is 2.14. The summed E-state index contributed by atoms with van der Waals surface area (Å²) in [7, 11) is 0. The lowest BCUT2D eigenvalue weighted by Crippen LogP contribution is -2.01. The van der Waals surface area contributed by atoms with Gasteiger partial charge in [-0.2, -0.15) is 5.26 Å². The zero-order valence-corrected chi connectivity index (χ0v) is 9.86. The van der Waals surface area contributed by atoms with E-state index >= 15 is 0 Å². The normalized spacial score (nSPS) is 9.83. The minimum Gasteiger partial charge on any atom is -0.486 e. The van der Waals surface area contributed by atoms with Crippen LogP contribution in [0.3, 0.4) is 0 Å². The van der Waals surface area contributed by atoms with Gasteiger partial charge in [0.15, 0.2) is 0 Å². The molecule has 0 spiro atoms. The third-order valence-corrected chi connectivity index (χ3v) is 2.33. The molecule has 6 heteroatoms. The van der Waals surface area contributed by atoms with E-state index < -0.39 is 5.82 Å². The first-order valence-electron chi connectivity index (χ1n) is 4.98. The van der Waals surface area contributed by atoms with E-state index in [1.807, 2.05) is 0 Å². The second kappa shape index (κ2) is 5.43. The van der Waals surface area contributed by atoms with Gasteiger partial charge in [-0.15, -0.1) is 0 Å². The maximum Gasteiger partial charge on any atom is 0.147 e. The van der Waals surface area contributed by atoms with Crippen LogP contribution in [0.4, 0.5) is 4.39 Å². The van der Waals surface area contributed by atoms with Gasteiger partial charge in [0, 0.05) is 0 Å². The van der Waals surface area contributed by atoms with E-state index in [0.717, 1.165) is 0 Å². The molecular weight excluding hydrogens is 257 g/mol. The molecule has 0 unspecified atom stereocenters. The van der Waals surface area contributed by atoms with E-state index in [4.69, 9.17) is 21.6 Å². The standard InChI is InChI=1S/C12H7ClFN3O/c13-12-6-16-8(5-17-12)7-18-11-3-1-2-10(14)9(11)4-15/h1-3,5-6H,7H2. The molecule has 4 nitrogen and oxygen atoms in total. The fourth-order valence-corrected chi connectivity index (χ4v) is 1.40. The smallest absolute Gasteiger partial charge is 0.147 e. The summed E-state index contributed by atoms with van der Waals surface area (Å²) >= 11 is 5.59. The molecule has 1 aromatic heterocycles. The van der Waals surface area contributed by atoms with E-state index in [9.17, 15) is 4.39 Å². The van der Waals surface area contributed by atoms with Gasteiger partial charge in [0.1, 0.15) is 35.0 Å². The number of hydrogen-bond donors (Lipinski definition) is 0. The zero-order valence-electron chi connectivity index (χ0n) is 9.10. The number of benzene rings is 1. The second-order valence-corrected chi connectivity index (χ2v) is 3.73. The zero-order chi connectivity index (χ0) is 13.0. The van der Waals surface area contributed by atoms with E-state index in [1.165, 1.54) is 30.6 Å². The molecule has 0 atom stereocenters. The Hall–Kier alpha value is -2.19. The Balaban J connectivity index is 2.14. The highest BCUT2D eigenvalue weighted by atomic mass is 35.5. The molecule has 0 N–H and O–H groups in total. The molecule has 0 amide bonds. The molecule has 0 fully saturated rings. The molecule has 90 valence electrons. The predicted molar refractivity (Wildman–Crippen MR) is 62.5 cm³/mol. The molecule has 2 rings (SSSR count). The summed E-state index contributed by atoms with van der Waals surface area (Å²) in [6.45, 7) is 0.0856. The minimum atomic E-state index is -0.614. The highest BCUT2D eigenvalue weighted by molar-refractivity contribution is 6.29. The summed E-state index contributed by atoms with van der Waals surface area (Å²) in [5, 5.41) is 9.10. The fraction of sp³-hybridized carbons (Fsp3) is 0.0833. The van der Waals surface area contributed by atoms with Crippen LogP contribution in [0.1, 0.15) is 11.3 Å². The average Bonchev–Trinajstić information content (AvgIpc) is 2.38. The van der Waals surface area contributed by atoms with Gasteiger partial charge < -0.3 is 4.74 Å². The molecule has 0 radical (unpaired) electrons. The lowest BCUT2D eigenvalue weighted by atomic mass is 10.2. The monoisotopic (exact) mass is 263 g/mol. The molecule has 2 aromatic rings. The van der Waals surface area contributed by atoms with Crippen molar-refractivity contribution in [1.29, 1.82) is 5.26 Å². The average molecular weight is 264 g/mol. The topological polar surface area (TPSA) is 58.8 Å². The Morgan fingerprint density at radius 1 is 1.33 bits per heavy atom. The lowest BCUT2D eigenvalue weighted by Gasteiger charge is -2.07. The van der Waals surface area contributed by atoms with Crippen molar-refractivity contribution in [1.82, 2.24) is 9.97 Å². The van der Waals surface area contributed by atoms with Gasteiger partial charge in [-0.1, -0.05) is 17.7 Å². The van der Waals surface area contributed by atoms with Crippen molar-refractivity contribution in [2.24, 2.45) is 0 Å². The fourth-order valence-electron chi connectivity index (χ4n) is 1.30. The van der Waals surface area contributed by atoms with Gasteiger partial charge >= 0.3 is 0 Å². The van der Waals surface area contributed by atoms with Crippen LogP contribution in [0.25, 0.3) is 0 Å². The molecule has 0 bridgehead atoms. The molecule has 18 heavy (non-hydrogen) atoms. The number of hydrogen-bond acceptors (Lipinski definition) is 4. The maximum atomic E-state index is 13.3. The van der Waals surface area contributed by atoms with Gasteiger partial charge in [0.2, 0.25) is 0 Å². The Morgan fingerprint density at radius 3 is 2.83 bits per heavy atom. The molecule has 0 aliphatic carbocycles. The summed E-state index contributed by atoms with van der Waals surface area (Å²) in [6, 6.07) is 5.94. The van der Waals surface area contributed by atoms with Crippen molar-refractivity contribution in [3.63, 3.8) is 0 Å². The van der Waals surface area contributed by atoms with Gasteiger partial charge in [0.05, 0.1) is 18.1 Å². The number of ether oxygens (including phenoxy) is 1. The van der Waals surface area contributed by atoms with E-state index in [2.05, 4.69) is 9.97 Å². The largest absolute Gasteiger partial charge is 0.486 e. The first kappa shape index (κ1) is 12.3. The third kappa shape index (κ3) is 2.73. The Kier molecular flexibility index (Phi) is 3.70.